The molecule has 1 saturated carbocycles. The molecule has 0 bridgehead atoms. The van der Waals surface area contributed by atoms with E-state index in [4.69, 9.17) is 14.7 Å². The van der Waals surface area contributed by atoms with Gasteiger partial charge >= 0.3 is 12.2 Å². The van der Waals surface area contributed by atoms with Gasteiger partial charge in [-0.25, -0.2) is 28.5 Å². The molecule has 1 aliphatic heterocycles. The Labute approximate surface area is 274 Å². The number of imidazole rings is 1. The second-order valence-corrected chi connectivity index (χ2v) is 12.3. The van der Waals surface area contributed by atoms with Crippen molar-refractivity contribution in [2.24, 2.45) is 5.92 Å². The minimum absolute atomic E-state index is 0.0268. The number of urea groups is 1. The zero-order chi connectivity index (χ0) is 33.7. The van der Waals surface area contributed by atoms with E-state index in [9.17, 15) is 26.7 Å². The maximum absolute atomic E-state index is 14.2. The predicted octanol–water partition coefficient (Wildman–Crippen LogP) is 6.99. The molecule has 3 heterocycles. The monoisotopic (exact) mass is 671 g/mol. The Bertz CT molecular complexity index is 1680. The van der Waals surface area contributed by atoms with E-state index in [0.29, 0.717) is 72.7 Å². The molecule has 2 aromatic heterocycles. The lowest BCUT2D eigenvalue weighted by molar-refractivity contribution is -0.137. The molecular weight excluding hydrogens is 633 g/mol. The van der Waals surface area contributed by atoms with Gasteiger partial charge in [0.15, 0.2) is 5.82 Å². The number of carbonyl (C=O) groups excluding carboxylic acids is 1. The quantitative estimate of drug-likeness (QED) is 0.177. The summed E-state index contributed by atoms with van der Waals surface area (Å²) in [5.41, 5.74) is 0.894. The molecule has 1 aliphatic carbocycles. The summed E-state index contributed by atoms with van der Waals surface area (Å²) in [6.07, 6.45) is -1.26. The lowest BCUT2D eigenvalue weighted by atomic mass is 9.83. The van der Waals surface area contributed by atoms with Gasteiger partial charge in [-0.3, -0.25) is 4.57 Å². The molecule has 2 amide bonds. The smallest absolute Gasteiger partial charge is 0.378 e. The van der Waals surface area contributed by atoms with Crippen molar-refractivity contribution in [1.82, 2.24) is 30.2 Å². The van der Waals surface area contributed by atoms with Crippen LogP contribution in [0.25, 0.3) is 16.9 Å². The van der Waals surface area contributed by atoms with Gasteiger partial charge < -0.3 is 20.3 Å². The van der Waals surface area contributed by atoms with Crippen LogP contribution in [-0.4, -0.2) is 57.9 Å². The number of nitrogens with one attached hydrogen (secondary N) is 2. The van der Waals surface area contributed by atoms with Crippen LogP contribution >= 0.6 is 0 Å². The van der Waals surface area contributed by atoms with E-state index in [1.54, 1.807) is 30.3 Å². The Morgan fingerprint density at radius 1 is 0.938 bits per heavy atom. The van der Waals surface area contributed by atoms with Crippen molar-refractivity contribution in [2.75, 3.05) is 31.2 Å². The lowest BCUT2D eigenvalue weighted by Gasteiger charge is -2.29. The minimum Gasteiger partial charge on any atom is -0.378 e. The van der Waals surface area contributed by atoms with Gasteiger partial charge in [-0.1, -0.05) is 30.7 Å². The number of hydrogen-bond donors (Lipinski definition) is 2. The molecule has 1 saturated heterocycles. The Morgan fingerprint density at radius 3 is 2.35 bits per heavy atom. The van der Waals surface area contributed by atoms with Crippen LogP contribution in [0.1, 0.15) is 67.7 Å². The van der Waals surface area contributed by atoms with Crippen molar-refractivity contribution in [3.8, 4) is 5.82 Å². The first-order chi connectivity index (χ1) is 23.1. The van der Waals surface area contributed by atoms with Gasteiger partial charge in [0.25, 0.3) is 6.43 Å². The third kappa shape index (κ3) is 8.20. The van der Waals surface area contributed by atoms with Crippen molar-refractivity contribution < 1.29 is 31.5 Å². The van der Waals surface area contributed by atoms with Crippen LogP contribution < -0.4 is 15.5 Å². The average Bonchev–Trinajstić information content (AvgIpc) is 3.49. The van der Waals surface area contributed by atoms with Crippen molar-refractivity contribution in [1.29, 1.82) is 0 Å². The fourth-order valence-electron chi connectivity index (χ4n) is 6.46. The van der Waals surface area contributed by atoms with E-state index < -0.39 is 18.2 Å². The standard InChI is InChI=1S/C34H38F5N7O2/c35-31(36)32-42-26-5-1-2-6-27(26)46(32)30-20-29(45-16-18-48-19-17-45)43-28(44-30)7-3-4-22-10-14-25(15-11-22)41-33(47)40-21-23-8-12-24(13-9-23)34(37,38)39/h1-2,5-6,8-9,12-13,20,22,25,31H,3-4,7,10-11,14-19,21H2,(H2,40,41,47). The Balaban J connectivity index is 1.03. The number of hydrogen-bond acceptors (Lipinski definition) is 6. The summed E-state index contributed by atoms with van der Waals surface area (Å²) in [5.74, 6) is 1.76. The molecule has 2 N–H and O–H groups in total. The van der Waals surface area contributed by atoms with Crippen LogP contribution in [0.2, 0.25) is 0 Å². The molecule has 2 aromatic carbocycles. The van der Waals surface area contributed by atoms with E-state index in [-0.39, 0.29) is 24.4 Å². The van der Waals surface area contributed by atoms with Gasteiger partial charge in [0.1, 0.15) is 17.5 Å². The lowest BCUT2D eigenvalue weighted by Crippen LogP contribution is -2.43. The van der Waals surface area contributed by atoms with Crippen LogP contribution in [-0.2, 0) is 23.9 Å². The average molecular weight is 672 g/mol. The number of para-hydroxylation sites is 2. The highest BCUT2D eigenvalue weighted by Gasteiger charge is 2.30. The number of nitrogens with zero attached hydrogens (tertiary/aromatic N) is 5. The topological polar surface area (TPSA) is 97.2 Å². The van der Waals surface area contributed by atoms with Gasteiger partial charge in [-0.2, -0.15) is 13.2 Å². The predicted molar refractivity (Wildman–Crippen MR) is 170 cm³/mol. The Morgan fingerprint density at radius 2 is 1.65 bits per heavy atom. The summed E-state index contributed by atoms with van der Waals surface area (Å²) in [6, 6.07) is 13.2. The number of alkyl halides is 5. The number of morpholine rings is 1. The highest BCUT2D eigenvalue weighted by Crippen LogP contribution is 2.31. The molecule has 48 heavy (non-hydrogen) atoms. The molecule has 0 radical (unpaired) electrons. The van der Waals surface area contributed by atoms with E-state index in [0.717, 1.165) is 50.7 Å². The van der Waals surface area contributed by atoms with Gasteiger partial charge in [-0.15, -0.1) is 0 Å². The molecule has 2 aliphatic rings. The Kier molecular flexibility index (Phi) is 10.4. The van der Waals surface area contributed by atoms with Crippen LogP contribution in [0.4, 0.5) is 32.6 Å². The zero-order valence-corrected chi connectivity index (χ0v) is 26.4. The summed E-state index contributed by atoms with van der Waals surface area (Å²) in [4.78, 5) is 28.3. The highest BCUT2D eigenvalue weighted by atomic mass is 19.4. The number of anilines is 1. The summed E-state index contributed by atoms with van der Waals surface area (Å²) in [5, 5.41) is 5.71. The fourth-order valence-corrected chi connectivity index (χ4v) is 6.46. The number of aryl methyl sites for hydroxylation is 1. The normalized spacial score (nSPS) is 18.8. The number of rotatable bonds is 10. The van der Waals surface area contributed by atoms with Crippen LogP contribution in [0.3, 0.4) is 0 Å². The fraction of sp³-hybridized carbons (Fsp3) is 0.471. The Hall–Kier alpha value is -4.33. The molecule has 4 aromatic rings. The maximum Gasteiger partial charge on any atom is 0.416 e. The molecule has 0 spiro atoms. The van der Waals surface area contributed by atoms with Crippen LogP contribution in [0.5, 0.6) is 0 Å². The first-order valence-electron chi connectivity index (χ1n) is 16.3. The van der Waals surface area contributed by atoms with Gasteiger partial charge in [0.2, 0.25) is 0 Å². The first kappa shape index (κ1) is 33.6. The highest BCUT2D eigenvalue weighted by molar-refractivity contribution is 5.78. The molecule has 256 valence electrons. The van der Waals surface area contributed by atoms with Crippen molar-refractivity contribution in [3.63, 3.8) is 0 Å². The SMILES string of the molecule is O=C(NCc1ccc(C(F)(F)F)cc1)NC1CCC(CCCc2nc(N3CCOCC3)cc(-n3c(C(F)F)nc4ccccc43)n2)CC1. The molecule has 14 heteroatoms. The third-order valence-electron chi connectivity index (χ3n) is 9.02. The largest absolute Gasteiger partial charge is 0.416 e. The summed E-state index contributed by atoms with van der Waals surface area (Å²) in [7, 11) is 0. The van der Waals surface area contributed by atoms with Crippen LogP contribution in [0, 0.1) is 5.92 Å². The number of halogens is 5. The van der Waals surface area contributed by atoms with Crippen molar-refractivity contribution >= 4 is 22.9 Å². The van der Waals surface area contributed by atoms with E-state index >= 15 is 0 Å². The third-order valence-corrected chi connectivity index (χ3v) is 9.02. The molecule has 2 fully saturated rings. The van der Waals surface area contributed by atoms with E-state index in [2.05, 4.69) is 20.5 Å². The number of carbonyl (C=O) groups is 1. The number of ether oxygens (including phenoxy) is 1. The molecule has 0 unspecified atom stereocenters. The second-order valence-electron chi connectivity index (χ2n) is 12.3. The van der Waals surface area contributed by atoms with E-state index in [1.807, 2.05) is 0 Å². The number of fused-ring (bicyclic) bond motifs is 1. The van der Waals surface area contributed by atoms with Gasteiger partial charge in [-0.05, 0) is 67.9 Å². The van der Waals surface area contributed by atoms with Gasteiger partial charge in [0, 0.05) is 38.2 Å². The van der Waals surface area contributed by atoms with Crippen LogP contribution in [0.15, 0.2) is 54.6 Å². The van der Waals surface area contributed by atoms with Crippen molar-refractivity contribution in [3.05, 3.63) is 77.4 Å². The summed E-state index contributed by atoms with van der Waals surface area (Å²) in [6.45, 7) is 2.54. The van der Waals surface area contributed by atoms with E-state index in [1.165, 1.54) is 16.7 Å². The number of amides is 2. The summed E-state index contributed by atoms with van der Waals surface area (Å²) >= 11 is 0. The summed E-state index contributed by atoms with van der Waals surface area (Å²) < 4.78 is 73.6. The second kappa shape index (κ2) is 14.8. The molecule has 0 atom stereocenters. The maximum atomic E-state index is 14.2. The minimum atomic E-state index is -4.40. The molecule has 6 rings (SSSR count). The van der Waals surface area contributed by atoms with Gasteiger partial charge in [0.05, 0.1) is 29.8 Å². The molecular formula is C34H38F5N7O2. The number of benzene rings is 2. The van der Waals surface area contributed by atoms with Crippen molar-refractivity contribution in [2.45, 2.75) is 70.1 Å². The first-order valence-corrected chi connectivity index (χ1v) is 16.3. The zero-order valence-electron chi connectivity index (χ0n) is 26.4. The number of aromatic nitrogens is 4. The molecule has 9 nitrogen and oxygen atoms in total.